The van der Waals surface area contributed by atoms with Crippen molar-refractivity contribution < 1.29 is 18.3 Å². The molecule has 0 heterocycles. The highest BCUT2D eigenvalue weighted by Gasteiger charge is 2.28. The first-order chi connectivity index (χ1) is 13.2. The Morgan fingerprint density at radius 3 is 1.76 bits per heavy atom. The molecule has 6 heteroatoms. The SMILES string of the molecule is CC(C)(C)c1cc(/C=C(\C(N)=O)S(=O)(=O)c2ccccc2)cc(C(C)(C)C)c1O. The lowest BCUT2D eigenvalue weighted by Crippen LogP contribution is -2.21. The molecule has 2 aromatic carbocycles. The largest absolute Gasteiger partial charge is 0.507 e. The summed E-state index contributed by atoms with van der Waals surface area (Å²) in [6, 6.07) is 11.1. The number of primary amides is 1. The molecule has 0 spiro atoms. The monoisotopic (exact) mass is 415 g/mol. The molecule has 0 unspecified atom stereocenters. The van der Waals surface area contributed by atoms with Crippen LogP contribution in [0.25, 0.3) is 6.08 Å². The molecular weight excluding hydrogens is 386 g/mol. The van der Waals surface area contributed by atoms with Gasteiger partial charge in [-0.2, -0.15) is 0 Å². The third kappa shape index (κ3) is 4.88. The van der Waals surface area contributed by atoms with Crippen molar-refractivity contribution >= 4 is 21.8 Å². The zero-order valence-electron chi connectivity index (χ0n) is 17.8. The van der Waals surface area contributed by atoms with Crippen molar-refractivity contribution in [3.63, 3.8) is 0 Å². The van der Waals surface area contributed by atoms with Crippen molar-refractivity contribution in [1.29, 1.82) is 0 Å². The number of aromatic hydroxyl groups is 1. The van der Waals surface area contributed by atoms with Crippen LogP contribution in [0.5, 0.6) is 5.75 Å². The molecule has 0 aliphatic rings. The van der Waals surface area contributed by atoms with E-state index >= 15 is 0 Å². The number of carbonyl (C=O) groups is 1. The number of hydrogen-bond donors (Lipinski definition) is 2. The molecule has 3 N–H and O–H groups in total. The number of benzene rings is 2. The molecule has 2 rings (SSSR count). The zero-order chi connectivity index (χ0) is 22.2. The van der Waals surface area contributed by atoms with Gasteiger partial charge in [0.2, 0.25) is 9.84 Å². The Balaban J connectivity index is 2.80. The predicted molar refractivity (Wildman–Crippen MR) is 116 cm³/mol. The molecule has 1 amide bonds. The number of amides is 1. The Hall–Kier alpha value is -2.60. The number of phenols is 1. The summed E-state index contributed by atoms with van der Waals surface area (Å²) in [6.07, 6.45) is 1.29. The first-order valence-corrected chi connectivity index (χ1v) is 10.8. The van der Waals surface area contributed by atoms with Gasteiger partial charge < -0.3 is 10.8 Å². The molecule has 0 atom stereocenters. The quantitative estimate of drug-likeness (QED) is 0.728. The Kier molecular flexibility index (Phi) is 6.00. The lowest BCUT2D eigenvalue weighted by atomic mass is 9.78. The molecule has 5 nitrogen and oxygen atoms in total. The molecule has 0 fully saturated rings. The fraction of sp³-hybridized carbons (Fsp3) is 0.348. The van der Waals surface area contributed by atoms with E-state index in [-0.39, 0.29) is 21.5 Å². The van der Waals surface area contributed by atoms with Crippen molar-refractivity contribution in [1.82, 2.24) is 0 Å². The molecule has 156 valence electrons. The Morgan fingerprint density at radius 1 is 0.931 bits per heavy atom. The van der Waals surface area contributed by atoms with Crippen LogP contribution in [0.4, 0.5) is 0 Å². The highest BCUT2D eigenvalue weighted by Crippen LogP contribution is 2.40. The maximum atomic E-state index is 13.0. The van der Waals surface area contributed by atoms with E-state index in [1.807, 2.05) is 41.5 Å². The lowest BCUT2D eigenvalue weighted by molar-refractivity contribution is -0.113. The van der Waals surface area contributed by atoms with Gasteiger partial charge in [0.25, 0.3) is 5.91 Å². The van der Waals surface area contributed by atoms with Gasteiger partial charge in [0.1, 0.15) is 10.7 Å². The second-order valence-corrected chi connectivity index (χ2v) is 11.1. The number of hydrogen-bond acceptors (Lipinski definition) is 4. The molecule has 0 aliphatic carbocycles. The van der Waals surface area contributed by atoms with E-state index in [9.17, 15) is 18.3 Å². The van der Waals surface area contributed by atoms with Crippen molar-refractivity contribution in [3.05, 3.63) is 64.1 Å². The molecule has 29 heavy (non-hydrogen) atoms. The third-order valence-corrected chi connectivity index (χ3v) is 6.42. The average molecular weight is 416 g/mol. The van der Waals surface area contributed by atoms with E-state index in [1.54, 1.807) is 30.3 Å². The van der Waals surface area contributed by atoms with Gasteiger partial charge in [-0.15, -0.1) is 0 Å². The van der Waals surface area contributed by atoms with Crippen LogP contribution < -0.4 is 5.73 Å². The first kappa shape index (κ1) is 22.7. The normalized spacial score (nSPS) is 13.4. The van der Waals surface area contributed by atoms with Crippen LogP contribution in [-0.2, 0) is 25.5 Å². The number of carbonyl (C=O) groups excluding carboxylic acids is 1. The zero-order valence-corrected chi connectivity index (χ0v) is 18.6. The molecule has 0 saturated heterocycles. The second-order valence-electron chi connectivity index (χ2n) is 9.15. The lowest BCUT2D eigenvalue weighted by Gasteiger charge is -2.28. The summed E-state index contributed by atoms with van der Waals surface area (Å²) in [7, 11) is -4.08. The number of sulfone groups is 1. The number of rotatable bonds is 4. The van der Waals surface area contributed by atoms with Gasteiger partial charge in [-0.25, -0.2) is 8.42 Å². The Bertz CT molecular complexity index is 1020. The van der Waals surface area contributed by atoms with Gasteiger partial charge >= 0.3 is 0 Å². The van der Waals surface area contributed by atoms with Gasteiger partial charge in [0, 0.05) is 11.1 Å². The minimum atomic E-state index is -4.08. The van der Waals surface area contributed by atoms with Gasteiger partial charge in [0.15, 0.2) is 0 Å². The predicted octanol–water partition coefficient (Wildman–Crippen LogP) is 4.29. The van der Waals surface area contributed by atoms with E-state index in [0.29, 0.717) is 16.7 Å². The third-order valence-electron chi connectivity index (χ3n) is 4.63. The van der Waals surface area contributed by atoms with E-state index in [0.717, 1.165) is 0 Å². The Labute approximate surface area is 173 Å². The van der Waals surface area contributed by atoms with Crippen LogP contribution in [0.2, 0.25) is 0 Å². The standard InChI is InChI=1S/C23H29NO4S/c1-22(2,3)17-12-15(13-18(20(17)25)23(4,5)6)14-19(21(24)26)29(27,28)16-10-8-7-9-11-16/h7-14,25H,1-6H3,(H2,24,26)/b19-14+. The molecular formula is C23H29NO4S. The van der Waals surface area contributed by atoms with Crippen LogP contribution in [0.1, 0.15) is 58.2 Å². The topological polar surface area (TPSA) is 97.5 Å². The fourth-order valence-electron chi connectivity index (χ4n) is 3.04. The molecule has 0 saturated carbocycles. The van der Waals surface area contributed by atoms with Crippen LogP contribution >= 0.6 is 0 Å². The molecule has 0 aromatic heterocycles. The Morgan fingerprint density at radius 2 is 1.38 bits per heavy atom. The van der Waals surface area contributed by atoms with Gasteiger partial charge in [-0.1, -0.05) is 59.7 Å². The van der Waals surface area contributed by atoms with Gasteiger partial charge in [0.05, 0.1) is 4.90 Å². The molecule has 0 aliphatic heterocycles. The molecule has 0 radical (unpaired) electrons. The van der Waals surface area contributed by atoms with E-state index < -0.39 is 20.6 Å². The number of nitrogens with two attached hydrogens (primary N) is 1. The molecule has 0 bridgehead atoms. The minimum Gasteiger partial charge on any atom is -0.507 e. The van der Waals surface area contributed by atoms with E-state index in [1.165, 1.54) is 18.2 Å². The highest BCUT2D eigenvalue weighted by atomic mass is 32.2. The van der Waals surface area contributed by atoms with Crippen molar-refractivity contribution in [2.45, 2.75) is 57.3 Å². The fourth-order valence-corrected chi connectivity index (χ4v) is 4.37. The summed E-state index contributed by atoms with van der Waals surface area (Å²) in [5.41, 5.74) is 6.49. The van der Waals surface area contributed by atoms with Crippen LogP contribution in [0, 0.1) is 0 Å². The summed E-state index contributed by atoms with van der Waals surface area (Å²) in [6.45, 7) is 11.7. The van der Waals surface area contributed by atoms with Crippen molar-refractivity contribution in [3.8, 4) is 5.75 Å². The van der Waals surface area contributed by atoms with E-state index in [4.69, 9.17) is 5.73 Å². The smallest absolute Gasteiger partial charge is 0.260 e. The maximum Gasteiger partial charge on any atom is 0.260 e. The minimum absolute atomic E-state index is 0.00378. The number of phenolic OH excluding ortho intramolecular Hbond substituents is 1. The second kappa shape index (κ2) is 7.67. The maximum absolute atomic E-state index is 13.0. The highest BCUT2D eigenvalue weighted by molar-refractivity contribution is 7.96. The van der Waals surface area contributed by atoms with Crippen LogP contribution in [0.3, 0.4) is 0 Å². The summed E-state index contributed by atoms with van der Waals surface area (Å²) in [5.74, 6) is -0.856. The van der Waals surface area contributed by atoms with Gasteiger partial charge in [-0.05, 0) is 46.7 Å². The van der Waals surface area contributed by atoms with Gasteiger partial charge in [-0.3, -0.25) is 4.79 Å². The summed E-state index contributed by atoms with van der Waals surface area (Å²) < 4.78 is 26.0. The van der Waals surface area contributed by atoms with Crippen LogP contribution in [0.15, 0.2) is 52.3 Å². The summed E-state index contributed by atoms with van der Waals surface area (Å²) >= 11 is 0. The summed E-state index contributed by atoms with van der Waals surface area (Å²) in [4.78, 5) is 11.6. The van der Waals surface area contributed by atoms with Crippen LogP contribution in [-0.4, -0.2) is 19.4 Å². The molecule has 2 aromatic rings. The van der Waals surface area contributed by atoms with Crippen molar-refractivity contribution in [2.75, 3.05) is 0 Å². The van der Waals surface area contributed by atoms with E-state index in [2.05, 4.69) is 0 Å². The average Bonchev–Trinajstić information content (AvgIpc) is 2.59. The first-order valence-electron chi connectivity index (χ1n) is 9.35. The summed E-state index contributed by atoms with van der Waals surface area (Å²) in [5, 5.41) is 10.8. The van der Waals surface area contributed by atoms with Crippen molar-refractivity contribution in [2.24, 2.45) is 5.73 Å².